The number of benzene rings is 2. The molecule has 5 nitrogen and oxygen atoms in total. The van der Waals surface area contributed by atoms with E-state index in [0.717, 1.165) is 22.8 Å². The number of carbonyl (C=O) groups is 1. The van der Waals surface area contributed by atoms with E-state index < -0.39 is 5.66 Å². The van der Waals surface area contributed by atoms with E-state index in [0.29, 0.717) is 12.1 Å². The van der Waals surface area contributed by atoms with Crippen molar-refractivity contribution >= 4 is 11.6 Å². The zero-order valence-electron chi connectivity index (χ0n) is 16.3. The lowest BCUT2D eigenvalue weighted by molar-refractivity contribution is 0.0486. The van der Waals surface area contributed by atoms with Crippen LogP contribution in [0, 0.1) is 0 Å². The Morgan fingerprint density at radius 3 is 2.68 bits per heavy atom. The highest BCUT2D eigenvalue weighted by molar-refractivity contribution is 6.02. The first-order chi connectivity index (χ1) is 13.5. The topological polar surface area (TPSA) is 54.7 Å². The molecule has 1 aromatic heterocycles. The first-order valence-corrected chi connectivity index (χ1v) is 9.46. The summed E-state index contributed by atoms with van der Waals surface area (Å²) >= 11 is 0. The van der Waals surface area contributed by atoms with Crippen molar-refractivity contribution in [1.29, 1.82) is 0 Å². The highest BCUT2D eigenvalue weighted by Gasteiger charge is 2.43. The standard InChI is InChI=1S/C23H24N2O3/c1-16(2)28-18-9-6-8-17(14-18)23(3)24-21-12-5-4-11-20(21)22(26)25(23)15-19-10-7-13-27-19/h4-14,16,24H,15H2,1-3H3. The molecule has 0 fully saturated rings. The average Bonchev–Trinajstić information content (AvgIpc) is 3.18. The van der Waals surface area contributed by atoms with Gasteiger partial charge in [-0.2, -0.15) is 0 Å². The normalized spacial score (nSPS) is 18.7. The van der Waals surface area contributed by atoms with E-state index in [1.807, 2.05) is 86.3 Å². The molecule has 3 aromatic rings. The molecule has 1 aliphatic rings. The molecule has 1 N–H and O–H groups in total. The first-order valence-electron chi connectivity index (χ1n) is 9.46. The van der Waals surface area contributed by atoms with Gasteiger partial charge in [0.15, 0.2) is 0 Å². The average molecular weight is 376 g/mol. The van der Waals surface area contributed by atoms with Gasteiger partial charge in [-0.05, 0) is 57.2 Å². The molecule has 4 rings (SSSR count). The Morgan fingerprint density at radius 1 is 1.11 bits per heavy atom. The Bertz CT molecular complexity index is 981. The minimum Gasteiger partial charge on any atom is -0.491 e. The molecule has 2 aromatic carbocycles. The van der Waals surface area contributed by atoms with Crippen LogP contribution in [-0.4, -0.2) is 16.9 Å². The third-order valence-corrected chi connectivity index (χ3v) is 4.98. The summed E-state index contributed by atoms with van der Waals surface area (Å²) in [5.41, 5.74) is 1.66. The van der Waals surface area contributed by atoms with Crippen molar-refractivity contribution in [2.45, 2.75) is 39.1 Å². The fraction of sp³-hybridized carbons (Fsp3) is 0.261. The summed E-state index contributed by atoms with van der Waals surface area (Å²) in [6.45, 7) is 6.36. The lowest BCUT2D eigenvalue weighted by atomic mass is 9.93. The molecule has 2 heterocycles. The number of anilines is 1. The molecular formula is C23H24N2O3. The van der Waals surface area contributed by atoms with Crippen LogP contribution in [0.2, 0.25) is 0 Å². The molecule has 1 unspecified atom stereocenters. The number of carbonyl (C=O) groups excluding carboxylic acids is 1. The van der Waals surface area contributed by atoms with E-state index >= 15 is 0 Å². The van der Waals surface area contributed by atoms with Crippen LogP contribution in [-0.2, 0) is 12.2 Å². The molecule has 0 saturated carbocycles. The molecular weight excluding hydrogens is 352 g/mol. The molecule has 144 valence electrons. The molecule has 5 heteroatoms. The zero-order valence-corrected chi connectivity index (χ0v) is 16.3. The van der Waals surface area contributed by atoms with Crippen LogP contribution in [0.4, 0.5) is 5.69 Å². The van der Waals surface area contributed by atoms with Crippen molar-refractivity contribution in [3.05, 3.63) is 83.8 Å². The van der Waals surface area contributed by atoms with Gasteiger partial charge in [-0.25, -0.2) is 0 Å². The first kappa shape index (κ1) is 18.2. The van der Waals surface area contributed by atoms with Gasteiger partial charge in [0.2, 0.25) is 0 Å². The number of nitrogens with zero attached hydrogens (tertiary/aromatic N) is 1. The summed E-state index contributed by atoms with van der Waals surface area (Å²) in [5.74, 6) is 1.47. The second-order valence-electron chi connectivity index (χ2n) is 7.41. The van der Waals surface area contributed by atoms with Gasteiger partial charge in [-0.1, -0.05) is 24.3 Å². The van der Waals surface area contributed by atoms with Crippen LogP contribution in [0.1, 0.15) is 42.5 Å². The number of hydrogen-bond donors (Lipinski definition) is 1. The Labute approximate surface area is 164 Å². The van der Waals surface area contributed by atoms with Crippen LogP contribution in [0.3, 0.4) is 0 Å². The van der Waals surface area contributed by atoms with Crippen LogP contribution >= 0.6 is 0 Å². The number of furan rings is 1. The highest BCUT2D eigenvalue weighted by atomic mass is 16.5. The predicted molar refractivity (Wildman–Crippen MR) is 108 cm³/mol. The second-order valence-corrected chi connectivity index (χ2v) is 7.41. The van der Waals surface area contributed by atoms with Crippen molar-refractivity contribution in [2.75, 3.05) is 5.32 Å². The summed E-state index contributed by atoms with van der Waals surface area (Å²) in [6, 6.07) is 19.2. The van der Waals surface area contributed by atoms with Crippen molar-refractivity contribution < 1.29 is 13.9 Å². The quantitative estimate of drug-likeness (QED) is 0.680. The molecule has 1 amide bonds. The van der Waals surface area contributed by atoms with Gasteiger partial charge in [-0.3, -0.25) is 4.79 Å². The smallest absolute Gasteiger partial charge is 0.258 e. The molecule has 1 atom stereocenters. The van der Waals surface area contributed by atoms with Crippen LogP contribution in [0.25, 0.3) is 0 Å². The molecule has 0 spiro atoms. The largest absolute Gasteiger partial charge is 0.491 e. The minimum absolute atomic E-state index is 0.0385. The maximum absolute atomic E-state index is 13.4. The molecule has 0 saturated heterocycles. The second kappa shape index (κ2) is 7.08. The van der Waals surface area contributed by atoms with Crippen LogP contribution in [0.5, 0.6) is 5.75 Å². The maximum atomic E-state index is 13.4. The molecule has 0 radical (unpaired) electrons. The van der Waals surface area contributed by atoms with E-state index in [2.05, 4.69) is 5.32 Å². The van der Waals surface area contributed by atoms with Crippen molar-refractivity contribution in [1.82, 2.24) is 4.90 Å². The summed E-state index contributed by atoms with van der Waals surface area (Å²) in [6.07, 6.45) is 1.70. The van der Waals surface area contributed by atoms with Gasteiger partial charge >= 0.3 is 0 Å². The maximum Gasteiger partial charge on any atom is 0.258 e. The Morgan fingerprint density at radius 2 is 1.93 bits per heavy atom. The fourth-order valence-corrected chi connectivity index (χ4v) is 3.62. The Hall–Kier alpha value is -3.21. The molecule has 0 aliphatic carbocycles. The number of nitrogens with one attached hydrogen (secondary N) is 1. The minimum atomic E-state index is -0.755. The third kappa shape index (κ3) is 3.24. The van der Waals surface area contributed by atoms with Crippen LogP contribution in [0.15, 0.2) is 71.3 Å². The van der Waals surface area contributed by atoms with Gasteiger partial charge in [0.25, 0.3) is 5.91 Å². The SMILES string of the molecule is CC(C)Oc1cccc(C2(C)Nc3ccccc3C(=O)N2Cc2ccco2)c1. The van der Waals surface area contributed by atoms with E-state index in [1.54, 1.807) is 6.26 Å². The van der Waals surface area contributed by atoms with Crippen molar-refractivity contribution in [3.63, 3.8) is 0 Å². The van der Waals surface area contributed by atoms with E-state index in [4.69, 9.17) is 9.15 Å². The summed E-state index contributed by atoms with van der Waals surface area (Å²) in [7, 11) is 0. The van der Waals surface area contributed by atoms with Crippen molar-refractivity contribution in [2.24, 2.45) is 0 Å². The number of hydrogen-bond acceptors (Lipinski definition) is 4. The highest BCUT2D eigenvalue weighted by Crippen LogP contribution is 2.39. The zero-order chi connectivity index (χ0) is 19.7. The monoisotopic (exact) mass is 376 g/mol. The number of ether oxygens (including phenoxy) is 1. The van der Waals surface area contributed by atoms with E-state index in [-0.39, 0.29) is 12.0 Å². The number of amides is 1. The Kier molecular flexibility index (Phi) is 4.59. The van der Waals surface area contributed by atoms with Gasteiger partial charge < -0.3 is 19.4 Å². The molecule has 0 bridgehead atoms. The Balaban J connectivity index is 1.80. The van der Waals surface area contributed by atoms with E-state index in [9.17, 15) is 4.79 Å². The van der Waals surface area contributed by atoms with Gasteiger partial charge in [-0.15, -0.1) is 0 Å². The third-order valence-electron chi connectivity index (χ3n) is 4.98. The van der Waals surface area contributed by atoms with Crippen molar-refractivity contribution in [3.8, 4) is 5.75 Å². The number of fused-ring (bicyclic) bond motifs is 1. The van der Waals surface area contributed by atoms with E-state index in [1.165, 1.54) is 0 Å². The summed E-state index contributed by atoms with van der Waals surface area (Å²) in [5, 5.41) is 3.57. The lowest BCUT2D eigenvalue weighted by Gasteiger charge is -2.46. The number of para-hydroxylation sites is 1. The number of rotatable bonds is 5. The summed E-state index contributed by atoms with van der Waals surface area (Å²) in [4.78, 5) is 15.2. The predicted octanol–water partition coefficient (Wildman–Crippen LogP) is 5.01. The van der Waals surface area contributed by atoms with Gasteiger partial charge in [0.05, 0.1) is 24.5 Å². The lowest BCUT2D eigenvalue weighted by Crippen LogP contribution is -2.55. The molecule has 28 heavy (non-hydrogen) atoms. The van der Waals surface area contributed by atoms with Gasteiger partial charge in [0, 0.05) is 11.3 Å². The van der Waals surface area contributed by atoms with Crippen LogP contribution < -0.4 is 10.1 Å². The molecule has 1 aliphatic heterocycles. The fourth-order valence-electron chi connectivity index (χ4n) is 3.62. The summed E-state index contributed by atoms with van der Waals surface area (Å²) < 4.78 is 11.4. The van der Waals surface area contributed by atoms with Gasteiger partial charge in [0.1, 0.15) is 17.2 Å².